The van der Waals surface area contributed by atoms with Crippen molar-refractivity contribution in [1.29, 1.82) is 0 Å². The van der Waals surface area contributed by atoms with E-state index in [0.29, 0.717) is 17.4 Å². The largest absolute Gasteiger partial charge is 0.383 e. The van der Waals surface area contributed by atoms with Crippen molar-refractivity contribution in [2.24, 2.45) is 11.3 Å². The van der Waals surface area contributed by atoms with E-state index in [1.54, 1.807) is 14.2 Å². The maximum atomic E-state index is 5.32. The van der Waals surface area contributed by atoms with E-state index in [1.165, 1.54) is 6.42 Å². The molecule has 19 heavy (non-hydrogen) atoms. The summed E-state index contributed by atoms with van der Waals surface area (Å²) in [6.07, 6.45) is 1.27. The molecule has 2 unspecified atom stereocenters. The summed E-state index contributed by atoms with van der Waals surface area (Å²) in [7, 11) is 3.55. The highest BCUT2D eigenvalue weighted by molar-refractivity contribution is 4.93. The van der Waals surface area contributed by atoms with Gasteiger partial charge in [0, 0.05) is 39.9 Å². The molecule has 0 aromatic heterocycles. The van der Waals surface area contributed by atoms with Crippen LogP contribution in [0, 0.1) is 11.3 Å². The second-order valence-electron chi connectivity index (χ2n) is 6.21. The van der Waals surface area contributed by atoms with E-state index in [1.807, 2.05) is 0 Å². The Morgan fingerprint density at radius 3 is 2.42 bits per heavy atom. The van der Waals surface area contributed by atoms with Gasteiger partial charge in [0.05, 0.1) is 13.2 Å². The fourth-order valence-electron chi connectivity index (χ4n) is 2.99. The molecule has 0 amide bonds. The van der Waals surface area contributed by atoms with Crippen molar-refractivity contribution in [3.05, 3.63) is 0 Å². The predicted molar refractivity (Wildman–Crippen MR) is 79.5 cm³/mol. The summed E-state index contributed by atoms with van der Waals surface area (Å²) in [5.41, 5.74) is 0.399. The van der Waals surface area contributed by atoms with Crippen LogP contribution in [0.4, 0.5) is 0 Å². The van der Waals surface area contributed by atoms with Gasteiger partial charge in [0.1, 0.15) is 0 Å². The van der Waals surface area contributed by atoms with Crippen LogP contribution in [-0.4, -0.2) is 64.6 Å². The highest BCUT2D eigenvalue weighted by Gasteiger charge is 2.39. The van der Waals surface area contributed by atoms with E-state index in [-0.39, 0.29) is 0 Å². The molecular formula is C15H32N2O2. The molecule has 1 N–H and O–H groups in total. The zero-order valence-corrected chi connectivity index (χ0v) is 13.4. The number of hydrogen-bond donors (Lipinski definition) is 1. The summed E-state index contributed by atoms with van der Waals surface area (Å²) >= 11 is 0. The Labute approximate surface area is 118 Å². The number of methoxy groups -OCH3 is 2. The van der Waals surface area contributed by atoms with Crippen LogP contribution in [-0.2, 0) is 9.47 Å². The lowest BCUT2D eigenvalue weighted by Gasteiger charge is -2.40. The molecule has 0 aromatic carbocycles. The van der Waals surface area contributed by atoms with Gasteiger partial charge in [0.25, 0.3) is 0 Å². The highest BCUT2D eigenvalue weighted by Crippen LogP contribution is 2.35. The molecule has 0 aromatic rings. The zero-order chi connectivity index (χ0) is 14.3. The second kappa shape index (κ2) is 8.20. The monoisotopic (exact) mass is 272 g/mol. The Hall–Kier alpha value is -0.160. The Morgan fingerprint density at radius 1 is 1.21 bits per heavy atom. The molecule has 2 atom stereocenters. The highest BCUT2D eigenvalue weighted by atomic mass is 16.5. The molecule has 0 spiro atoms. The van der Waals surface area contributed by atoms with Crippen LogP contribution in [0.3, 0.4) is 0 Å². The van der Waals surface area contributed by atoms with Crippen molar-refractivity contribution in [2.75, 3.05) is 53.6 Å². The lowest BCUT2D eigenvalue weighted by atomic mass is 9.76. The van der Waals surface area contributed by atoms with Gasteiger partial charge < -0.3 is 14.8 Å². The lowest BCUT2D eigenvalue weighted by Crippen LogP contribution is -2.48. The quantitative estimate of drug-likeness (QED) is 0.691. The Balaban J connectivity index is 2.67. The molecule has 0 bridgehead atoms. The van der Waals surface area contributed by atoms with E-state index in [4.69, 9.17) is 9.47 Å². The second-order valence-corrected chi connectivity index (χ2v) is 6.21. The summed E-state index contributed by atoms with van der Waals surface area (Å²) in [6, 6.07) is 0.441. The Bertz CT molecular complexity index is 240. The molecule has 1 heterocycles. The molecule has 114 valence electrons. The standard InChI is InChI=1S/C15H32N2O2/c1-13(2)15(6-7-16-11-15)12-17(8-9-18-4)14(3)10-19-5/h13-14,16H,6-12H2,1-5H3. The van der Waals surface area contributed by atoms with Crippen LogP contribution in [0.15, 0.2) is 0 Å². The molecule has 1 saturated heterocycles. The minimum Gasteiger partial charge on any atom is -0.383 e. The van der Waals surface area contributed by atoms with Gasteiger partial charge in [-0.15, -0.1) is 0 Å². The lowest BCUT2D eigenvalue weighted by molar-refractivity contribution is 0.0337. The van der Waals surface area contributed by atoms with Gasteiger partial charge in [-0.3, -0.25) is 4.90 Å². The molecule has 1 rings (SSSR count). The molecule has 1 aliphatic heterocycles. The van der Waals surface area contributed by atoms with E-state index < -0.39 is 0 Å². The van der Waals surface area contributed by atoms with E-state index in [0.717, 1.165) is 39.4 Å². The summed E-state index contributed by atoms with van der Waals surface area (Å²) in [5, 5.41) is 3.54. The van der Waals surface area contributed by atoms with Crippen molar-refractivity contribution in [2.45, 2.75) is 33.2 Å². The normalized spacial score (nSPS) is 25.4. The van der Waals surface area contributed by atoms with Gasteiger partial charge in [-0.25, -0.2) is 0 Å². The predicted octanol–water partition coefficient (Wildman–Crippen LogP) is 1.61. The van der Waals surface area contributed by atoms with Crippen LogP contribution in [0.25, 0.3) is 0 Å². The van der Waals surface area contributed by atoms with Crippen LogP contribution in [0.2, 0.25) is 0 Å². The third-order valence-electron chi connectivity index (χ3n) is 4.63. The fraction of sp³-hybridized carbons (Fsp3) is 1.00. The van der Waals surface area contributed by atoms with Crippen LogP contribution >= 0.6 is 0 Å². The third-order valence-corrected chi connectivity index (χ3v) is 4.63. The molecular weight excluding hydrogens is 240 g/mol. The number of ether oxygens (including phenoxy) is 2. The molecule has 0 radical (unpaired) electrons. The minimum atomic E-state index is 0.399. The average Bonchev–Trinajstić information content (AvgIpc) is 2.84. The fourth-order valence-corrected chi connectivity index (χ4v) is 2.99. The maximum absolute atomic E-state index is 5.32. The maximum Gasteiger partial charge on any atom is 0.0615 e. The smallest absolute Gasteiger partial charge is 0.0615 e. The summed E-state index contributed by atoms with van der Waals surface area (Å²) in [5.74, 6) is 0.697. The van der Waals surface area contributed by atoms with Crippen LogP contribution in [0.5, 0.6) is 0 Å². The van der Waals surface area contributed by atoms with Gasteiger partial charge in [0.15, 0.2) is 0 Å². The zero-order valence-electron chi connectivity index (χ0n) is 13.4. The molecule has 1 fully saturated rings. The van der Waals surface area contributed by atoms with Crippen molar-refractivity contribution in [1.82, 2.24) is 10.2 Å². The van der Waals surface area contributed by atoms with E-state index in [2.05, 4.69) is 31.0 Å². The Morgan fingerprint density at radius 2 is 1.95 bits per heavy atom. The molecule has 0 saturated carbocycles. The minimum absolute atomic E-state index is 0.399. The number of nitrogens with zero attached hydrogens (tertiary/aromatic N) is 1. The number of hydrogen-bond acceptors (Lipinski definition) is 4. The third kappa shape index (κ3) is 4.71. The number of rotatable bonds is 9. The van der Waals surface area contributed by atoms with E-state index >= 15 is 0 Å². The van der Waals surface area contributed by atoms with Crippen LogP contribution in [0.1, 0.15) is 27.2 Å². The van der Waals surface area contributed by atoms with E-state index in [9.17, 15) is 0 Å². The topological polar surface area (TPSA) is 33.7 Å². The van der Waals surface area contributed by atoms with Gasteiger partial charge in [-0.2, -0.15) is 0 Å². The SMILES string of the molecule is COCCN(CC1(C(C)C)CCNC1)C(C)COC. The first-order chi connectivity index (χ1) is 9.05. The molecule has 1 aliphatic rings. The molecule has 0 aliphatic carbocycles. The van der Waals surface area contributed by atoms with Gasteiger partial charge >= 0.3 is 0 Å². The van der Waals surface area contributed by atoms with Crippen molar-refractivity contribution in [3.8, 4) is 0 Å². The molecule has 4 nitrogen and oxygen atoms in total. The summed E-state index contributed by atoms with van der Waals surface area (Å²) in [6.45, 7) is 12.9. The van der Waals surface area contributed by atoms with Gasteiger partial charge in [-0.05, 0) is 31.2 Å². The Kier molecular flexibility index (Phi) is 7.29. The summed E-state index contributed by atoms with van der Waals surface area (Å²) in [4.78, 5) is 2.53. The first-order valence-electron chi connectivity index (χ1n) is 7.48. The first-order valence-corrected chi connectivity index (χ1v) is 7.48. The van der Waals surface area contributed by atoms with Crippen molar-refractivity contribution in [3.63, 3.8) is 0 Å². The van der Waals surface area contributed by atoms with Crippen LogP contribution < -0.4 is 5.32 Å². The van der Waals surface area contributed by atoms with Gasteiger partial charge in [0.2, 0.25) is 0 Å². The number of nitrogens with one attached hydrogen (secondary N) is 1. The van der Waals surface area contributed by atoms with Crippen molar-refractivity contribution >= 4 is 0 Å². The van der Waals surface area contributed by atoms with Gasteiger partial charge in [-0.1, -0.05) is 13.8 Å². The first kappa shape index (κ1) is 16.9. The average molecular weight is 272 g/mol. The summed E-state index contributed by atoms with van der Waals surface area (Å²) < 4.78 is 10.6. The molecule has 4 heteroatoms. The van der Waals surface area contributed by atoms with Crippen molar-refractivity contribution < 1.29 is 9.47 Å².